The van der Waals surface area contributed by atoms with Gasteiger partial charge in [0.1, 0.15) is 5.82 Å². The van der Waals surface area contributed by atoms with E-state index in [9.17, 15) is 4.79 Å². The van der Waals surface area contributed by atoms with Crippen LogP contribution in [0.1, 0.15) is 16.8 Å². The van der Waals surface area contributed by atoms with Crippen LogP contribution >= 0.6 is 23.2 Å². The number of aromatic nitrogens is 3. The first-order valence-electron chi connectivity index (χ1n) is 12.2. The third-order valence-electron chi connectivity index (χ3n) is 7.41. The molecule has 1 unspecified atom stereocenters. The number of amides is 1. The van der Waals surface area contributed by atoms with Gasteiger partial charge in [0.2, 0.25) is 0 Å². The Kier molecular flexibility index (Phi) is 5.07. The number of pyridine rings is 1. The third-order valence-corrected chi connectivity index (χ3v) is 7.90. The number of rotatable bonds is 2. The zero-order chi connectivity index (χ0) is 26.2. The fraction of sp³-hybridized carbons (Fsp3) is 0.138. The Labute approximate surface area is 229 Å². The standard InChI is InChI=1S/C29H22Cl2N6O/c1-16-24-25(17-8-10-18(30)11-9-17)21-15-32-29(22-14-19(31)12-13-23(22)36(2)28(29)38)34-26(21)33-27(24)37(35-16)20-6-4-3-5-7-20/h3-14,32H,15H2,1-2H3,(H,33,34). The molecule has 0 saturated carbocycles. The van der Waals surface area contributed by atoms with E-state index in [0.29, 0.717) is 28.1 Å². The van der Waals surface area contributed by atoms with Crippen molar-refractivity contribution >= 4 is 51.6 Å². The van der Waals surface area contributed by atoms with Gasteiger partial charge in [0.15, 0.2) is 11.3 Å². The minimum Gasteiger partial charge on any atom is -0.340 e. The zero-order valence-corrected chi connectivity index (χ0v) is 22.1. The number of likely N-dealkylation sites (N-methyl/N-ethyl adjacent to an activating group) is 1. The topological polar surface area (TPSA) is 75.1 Å². The molecule has 2 aromatic heterocycles. The number of carbonyl (C=O) groups excluding carboxylic acids is 1. The molecule has 1 spiro atoms. The van der Waals surface area contributed by atoms with Crippen molar-refractivity contribution in [3.63, 3.8) is 0 Å². The van der Waals surface area contributed by atoms with E-state index in [2.05, 4.69) is 10.6 Å². The molecule has 0 bridgehead atoms. The predicted octanol–water partition coefficient (Wildman–Crippen LogP) is 6.05. The molecule has 38 heavy (non-hydrogen) atoms. The summed E-state index contributed by atoms with van der Waals surface area (Å²) in [5, 5.41) is 14.1. The van der Waals surface area contributed by atoms with Gasteiger partial charge in [-0.1, -0.05) is 53.5 Å². The predicted molar refractivity (Wildman–Crippen MR) is 151 cm³/mol. The lowest BCUT2D eigenvalue weighted by Gasteiger charge is -2.37. The van der Waals surface area contributed by atoms with Crippen LogP contribution in [0, 0.1) is 6.92 Å². The highest BCUT2D eigenvalue weighted by molar-refractivity contribution is 6.31. The van der Waals surface area contributed by atoms with Crippen molar-refractivity contribution < 1.29 is 4.79 Å². The molecule has 7 rings (SSSR count). The average Bonchev–Trinajstić information content (AvgIpc) is 3.35. The molecular formula is C29H22Cl2N6O. The van der Waals surface area contributed by atoms with Crippen LogP contribution in [0.15, 0.2) is 72.8 Å². The van der Waals surface area contributed by atoms with E-state index in [-0.39, 0.29) is 5.91 Å². The summed E-state index contributed by atoms with van der Waals surface area (Å²) in [5.41, 5.74) is 5.78. The summed E-state index contributed by atoms with van der Waals surface area (Å²) < 4.78 is 1.86. The molecule has 0 saturated heterocycles. The molecular weight excluding hydrogens is 519 g/mol. The summed E-state index contributed by atoms with van der Waals surface area (Å²) in [7, 11) is 1.77. The summed E-state index contributed by atoms with van der Waals surface area (Å²) in [4.78, 5) is 20.5. The molecule has 2 N–H and O–H groups in total. The van der Waals surface area contributed by atoms with Gasteiger partial charge in [-0.3, -0.25) is 10.1 Å². The van der Waals surface area contributed by atoms with Crippen LogP contribution in [0.2, 0.25) is 10.0 Å². The van der Waals surface area contributed by atoms with Gasteiger partial charge in [0, 0.05) is 40.3 Å². The third kappa shape index (κ3) is 3.22. The number of fused-ring (bicyclic) bond motifs is 4. The Morgan fingerprint density at radius 1 is 0.974 bits per heavy atom. The SMILES string of the molecule is Cc1nn(-c2ccccc2)c2nc3c(c(-c4ccc(Cl)cc4)c12)CNC1(N3)C(=O)N(C)c2ccc(Cl)cc21. The van der Waals surface area contributed by atoms with Gasteiger partial charge in [-0.15, -0.1) is 0 Å². The maximum atomic E-state index is 13.7. The van der Waals surface area contributed by atoms with E-state index in [1.807, 2.05) is 78.3 Å². The zero-order valence-electron chi connectivity index (χ0n) is 20.6. The minimum atomic E-state index is -1.19. The number of carbonyl (C=O) groups is 1. The van der Waals surface area contributed by atoms with Crippen LogP contribution in [-0.2, 0) is 17.0 Å². The number of anilines is 2. The second-order valence-corrected chi connectivity index (χ2v) is 10.5. The van der Waals surface area contributed by atoms with Crippen LogP contribution in [0.5, 0.6) is 0 Å². The van der Waals surface area contributed by atoms with Gasteiger partial charge in [-0.05, 0) is 55.0 Å². The van der Waals surface area contributed by atoms with Crippen LogP contribution in [0.3, 0.4) is 0 Å². The summed E-state index contributed by atoms with van der Waals surface area (Å²) in [6.07, 6.45) is 0. The monoisotopic (exact) mass is 540 g/mol. The quantitative estimate of drug-likeness (QED) is 0.285. The van der Waals surface area contributed by atoms with Crippen molar-refractivity contribution in [2.24, 2.45) is 0 Å². The number of hydrogen-bond donors (Lipinski definition) is 2. The molecule has 3 aromatic carbocycles. The van der Waals surface area contributed by atoms with Gasteiger partial charge in [-0.2, -0.15) is 5.10 Å². The smallest absolute Gasteiger partial charge is 0.272 e. The number of nitrogens with one attached hydrogen (secondary N) is 2. The van der Waals surface area contributed by atoms with Crippen molar-refractivity contribution in [3.8, 4) is 16.8 Å². The lowest BCUT2D eigenvalue weighted by atomic mass is 9.92. The van der Waals surface area contributed by atoms with E-state index in [4.69, 9.17) is 33.3 Å². The molecule has 188 valence electrons. The lowest BCUT2D eigenvalue weighted by Crippen LogP contribution is -2.57. The number of nitrogens with zero attached hydrogens (tertiary/aromatic N) is 4. The summed E-state index contributed by atoms with van der Waals surface area (Å²) in [6.45, 7) is 2.40. The molecule has 4 heterocycles. The van der Waals surface area contributed by atoms with Gasteiger partial charge in [0.25, 0.3) is 5.91 Å². The number of hydrogen-bond acceptors (Lipinski definition) is 5. The Bertz CT molecular complexity index is 1770. The number of para-hydroxylation sites is 1. The van der Waals surface area contributed by atoms with Crippen molar-refractivity contribution in [1.82, 2.24) is 20.1 Å². The minimum absolute atomic E-state index is 0.122. The first-order chi connectivity index (χ1) is 18.4. The molecule has 1 amide bonds. The maximum Gasteiger partial charge on any atom is 0.272 e. The number of benzene rings is 3. The van der Waals surface area contributed by atoms with Crippen LogP contribution < -0.4 is 15.5 Å². The normalized spacial score (nSPS) is 18.1. The molecule has 1 atom stereocenters. The van der Waals surface area contributed by atoms with Crippen molar-refractivity contribution in [2.75, 3.05) is 17.3 Å². The Balaban J connectivity index is 1.51. The van der Waals surface area contributed by atoms with Gasteiger partial charge in [0.05, 0.1) is 22.5 Å². The van der Waals surface area contributed by atoms with Crippen LogP contribution in [-0.4, -0.2) is 27.7 Å². The molecule has 2 aliphatic heterocycles. The summed E-state index contributed by atoms with van der Waals surface area (Å²) >= 11 is 12.6. The molecule has 9 heteroatoms. The highest BCUT2D eigenvalue weighted by Gasteiger charge is 2.52. The Morgan fingerprint density at radius 2 is 1.71 bits per heavy atom. The molecule has 0 fully saturated rings. The van der Waals surface area contributed by atoms with Crippen LogP contribution in [0.25, 0.3) is 27.8 Å². The summed E-state index contributed by atoms with van der Waals surface area (Å²) in [5.74, 6) is 0.496. The largest absolute Gasteiger partial charge is 0.340 e. The van der Waals surface area contributed by atoms with Gasteiger partial charge in [-0.25, -0.2) is 9.67 Å². The second kappa shape index (κ2) is 8.30. The van der Waals surface area contributed by atoms with Crippen molar-refractivity contribution in [1.29, 1.82) is 0 Å². The van der Waals surface area contributed by atoms with Gasteiger partial charge >= 0.3 is 0 Å². The van der Waals surface area contributed by atoms with E-state index in [1.54, 1.807) is 18.0 Å². The number of halogens is 2. The lowest BCUT2D eigenvalue weighted by molar-refractivity contribution is -0.123. The fourth-order valence-electron chi connectivity index (χ4n) is 5.63. The van der Waals surface area contributed by atoms with E-state index in [1.165, 1.54) is 0 Å². The molecule has 0 aliphatic carbocycles. The second-order valence-electron chi connectivity index (χ2n) is 9.61. The fourth-order valence-corrected chi connectivity index (χ4v) is 5.92. The van der Waals surface area contributed by atoms with Crippen molar-refractivity contribution in [2.45, 2.75) is 19.1 Å². The highest BCUT2D eigenvalue weighted by Crippen LogP contribution is 2.46. The molecule has 0 radical (unpaired) electrons. The Hall–Kier alpha value is -3.91. The summed E-state index contributed by atoms with van der Waals surface area (Å²) in [6, 6.07) is 23.2. The van der Waals surface area contributed by atoms with E-state index >= 15 is 0 Å². The molecule has 2 aliphatic rings. The first kappa shape index (κ1) is 23.2. The van der Waals surface area contributed by atoms with Crippen LogP contribution in [0.4, 0.5) is 11.5 Å². The Morgan fingerprint density at radius 3 is 2.47 bits per heavy atom. The average molecular weight is 541 g/mol. The van der Waals surface area contributed by atoms with E-state index in [0.717, 1.165) is 44.7 Å². The van der Waals surface area contributed by atoms with E-state index < -0.39 is 5.66 Å². The first-order valence-corrected chi connectivity index (χ1v) is 13.0. The maximum absolute atomic E-state index is 13.7. The molecule has 7 nitrogen and oxygen atoms in total. The highest BCUT2D eigenvalue weighted by atomic mass is 35.5. The van der Waals surface area contributed by atoms with Crippen molar-refractivity contribution in [3.05, 3.63) is 99.7 Å². The number of aryl methyl sites for hydroxylation is 1. The molecule has 5 aromatic rings. The van der Waals surface area contributed by atoms with Gasteiger partial charge < -0.3 is 10.2 Å².